The molecule has 68 valence electrons. The Kier molecular flexibility index (Phi) is 2.53. The summed E-state index contributed by atoms with van der Waals surface area (Å²) in [4.78, 5) is 23.7. The topological polar surface area (TPSA) is 93.3 Å². The largest absolute Gasteiger partial charge is 0.481 e. The zero-order valence-corrected chi connectivity index (χ0v) is 6.51. The predicted octanol–water partition coefficient (Wildman–Crippen LogP) is 0.617. The third-order valence-corrected chi connectivity index (χ3v) is 1.42. The standard InChI is InChI=1S/C7H6N2O4/c10-7(11)3-5-4-8-2-1-6(5)9(12)13/h1-2,4H,3H2,(H,10,11). The third-order valence-electron chi connectivity index (χ3n) is 1.42. The summed E-state index contributed by atoms with van der Waals surface area (Å²) in [6.45, 7) is 0. The van der Waals surface area contributed by atoms with Gasteiger partial charge >= 0.3 is 5.97 Å². The fraction of sp³-hybridized carbons (Fsp3) is 0.143. The number of pyridine rings is 1. The molecular weight excluding hydrogens is 176 g/mol. The predicted molar refractivity (Wildman–Crippen MR) is 42.2 cm³/mol. The Bertz CT molecular complexity index is 350. The van der Waals surface area contributed by atoms with Crippen molar-refractivity contribution in [2.45, 2.75) is 6.42 Å². The van der Waals surface area contributed by atoms with Crippen LogP contribution in [0.4, 0.5) is 5.69 Å². The molecule has 13 heavy (non-hydrogen) atoms. The molecule has 1 N–H and O–H groups in total. The van der Waals surface area contributed by atoms with Crippen LogP contribution in [0.25, 0.3) is 0 Å². The van der Waals surface area contributed by atoms with Crippen LogP contribution in [-0.2, 0) is 11.2 Å². The number of nitro groups is 1. The lowest BCUT2D eigenvalue weighted by Crippen LogP contribution is -2.03. The van der Waals surface area contributed by atoms with Gasteiger partial charge in [-0.2, -0.15) is 0 Å². The molecule has 1 rings (SSSR count). The molecule has 6 nitrogen and oxygen atoms in total. The van der Waals surface area contributed by atoms with Gasteiger partial charge in [0.1, 0.15) is 0 Å². The van der Waals surface area contributed by atoms with Crippen molar-refractivity contribution in [1.82, 2.24) is 4.98 Å². The Labute approximate surface area is 73.0 Å². The molecule has 0 bridgehead atoms. The van der Waals surface area contributed by atoms with Crippen molar-refractivity contribution in [2.24, 2.45) is 0 Å². The minimum atomic E-state index is -1.11. The monoisotopic (exact) mass is 182 g/mol. The zero-order chi connectivity index (χ0) is 9.84. The first-order valence-electron chi connectivity index (χ1n) is 3.40. The Balaban J connectivity index is 3.04. The fourth-order valence-corrected chi connectivity index (χ4v) is 0.897. The molecule has 0 amide bonds. The average Bonchev–Trinajstić information content (AvgIpc) is 2.03. The number of aliphatic carboxylic acids is 1. The molecule has 0 spiro atoms. The van der Waals surface area contributed by atoms with Crippen LogP contribution in [0.3, 0.4) is 0 Å². The molecule has 0 saturated heterocycles. The zero-order valence-electron chi connectivity index (χ0n) is 6.51. The van der Waals surface area contributed by atoms with Crippen LogP contribution < -0.4 is 0 Å². The van der Waals surface area contributed by atoms with Gasteiger partial charge in [0.2, 0.25) is 0 Å². The van der Waals surface area contributed by atoms with Gasteiger partial charge in [0.25, 0.3) is 5.69 Å². The highest BCUT2D eigenvalue weighted by atomic mass is 16.6. The van der Waals surface area contributed by atoms with E-state index in [1.807, 2.05) is 0 Å². The molecule has 0 saturated carbocycles. The quantitative estimate of drug-likeness (QED) is 0.546. The first-order valence-corrected chi connectivity index (χ1v) is 3.40. The van der Waals surface area contributed by atoms with Crippen LogP contribution in [0.15, 0.2) is 18.5 Å². The van der Waals surface area contributed by atoms with Gasteiger partial charge < -0.3 is 5.11 Å². The van der Waals surface area contributed by atoms with E-state index in [-0.39, 0.29) is 17.7 Å². The van der Waals surface area contributed by atoms with E-state index in [1.165, 1.54) is 18.5 Å². The van der Waals surface area contributed by atoms with Crippen LogP contribution in [0, 0.1) is 10.1 Å². The van der Waals surface area contributed by atoms with Crippen LogP contribution in [0.5, 0.6) is 0 Å². The Morgan fingerprint density at radius 1 is 1.69 bits per heavy atom. The van der Waals surface area contributed by atoms with Crippen molar-refractivity contribution in [2.75, 3.05) is 0 Å². The number of aromatic nitrogens is 1. The molecule has 1 aromatic rings. The number of carboxylic acids is 1. The van der Waals surface area contributed by atoms with E-state index in [4.69, 9.17) is 5.11 Å². The first kappa shape index (κ1) is 9.11. The fourth-order valence-electron chi connectivity index (χ4n) is 0.897. The van der Waals surface area contributed by atoms with Gasteiger partial charge in [-0.25, -0.2) is 0 Å². The summed E-state index contributed by atoms with van der Waals surface area (Å²) in [5.41, 5.74) is -0.0996. The number of rotatable bonds is 3. The minimum absolute atomic E-state index is 0.111. The molecule has 0 unspecified atom stereocenters. The van der Waals surface area contributed by atoms with Crippen LogP contribution in [0.2, 0.25) is 0 Å². The Morgan fingerprint density at radius 3 is 2.92 bits per heavy atom. The van der Waals surface area contributed by atoms with Crippen molar-refractivity contribution >= 4 is 11.7 Å². The maximum Gasteiger partial charge on any atom is 0.308 e. The van der Waals surface area contributed by atoms with E-state index in [1.54, 1.807) is 0 Å². The lowest BCUT2D eigenvalue weighted by molar-refractivity contribution is -0.385. The second-order valence-electron chi connectivity index (χ2n) is 2.33. The van der Waals surface area contributed by atoms with Gasteiger partial charge in [0, 0.05) is 18.5 Å². The van der Waals surface area contributed by atoms with E-state index in [9.17, 15) is 14.9 Å². The van der Waals surface area contributed by atoms with E-state index < -0.39 is 10.9 Å². The summed E-state index contributed by atoms with van der Waals surface area (Å²) in [5.74, 6) is -1.11. The van der Waals surface area contributed by atoms with Gasteiger partial charge in [-0.15, -0.1) is 0 Å². The van der Waals surface area contributed by atoms with E-state index in [2.05, 4.69) is 4.98 Å². The number of nitrogens with zero attached hydrogens (tertiary/aromatic N) is 2. The second-order valence-corrected chi connectivity index (χ2v) is 2.33. The maximum absolute atomic E-state index is 10.4. The molecule has 0 aliphatic rings. The highest BCUT2D eigenvalue weighted by molar-refractivity contribution is 5.71. The summed E-state index contributed by atoms with van der Waals surface area (Å²) in [6, 6.07) is 1.18. The van der Waals surface area contributed by atoms with Gasteiger partial charge in [0.15, 0.2) is 0 Å². The van der Waals surface area contributed by atoms with Crippen LogP contribution in [-0.4, -0.2) is 21.0 Å². The van der Waals surface area contributed by atoms with Crippen molar-refractivity contribution < 1.29 is 14.8 Å². The van der Waals surface area contributed by atoms with Crippen molar-refractivity contribution in [3.8, 4) is 0 Å². The molecular formula is C7H6N2O4. The maximum atomic E-state index is 10.4. The number of hydrogen-bond donors (Lipinski definition) is 1. The minimum Gasteiger partial charge on any atom is -0.481 e. The Hall–Kier alpha value is -1.98. The number of hydrogen-bond acceptors (Lipinski definition) is 4. The molecule has 1 heterocycles. The third kappa shape index (κ3) is 2.22. The highest BCUT2D eigenvalue weighted by Gasteiger charge is 2.14. The van der Waals surface area contributed by atoms with Gasteiger partial charge in [-0.05, 0) is 0 Å². The lowest BCUT2D eigenvalue weighted by Gasteiger charge is -1.97. The normalized spacial score (nSPS) is 9.54. The molecule has 0 aliphatic carbocycles. The van der Waals surface area contributed by atoms with Gasteiger partial charge in [-0.1, -0.05) is 0 Å². The SMILES string of the molecule is O=C(O)Cc1cnccc1[N+](=O)[O-]. The summed E-state index contributed by atoms with van der Waals surface area (Å²) >= 11 is 0. The lowest BCUT2D eigenvalue weighted by atomic mass is 10.2. The Morgan fingerprint density at radius 2 is 2.38 bits per heavy atom. The average molecular weight is 182 g/mol. The molecule has 0 atom stereocenters. The summed E-state index contributed by atoms with van der Waals surface area (Å²) in [5, 5.41) is 18.8. The molecule has 0 aliphatic heterocycles. The molecule has 0 fully saturated rings. The van der Waals surface area contributed by atoms with E-state index in [0.717, 1.165) is 0 Å². The van der Waals surface area contributed by atoms with Crippen LogP contribution >= 0.6 is 0 Å². The second kappa shape index (κ2) is 3.61. The number of carbonyl (C=O) groups is 1. The van der Waals surface area contributed by atoms with Gasteiger partial charge in [-0.3, -0.25) is 19.9 Å². The van der Waals surface area contributed by atoms with Crippen molar-refractivity contribution in [3.63, 3.8) is 0 Å². The smallest absolute Gasteiger partial charge is 0.308 e. The number of carboxylic acid groups (broad SMARTS) is 1. The summed E-state index contributed by atoms with van der Waals surface area (Å²) in [7, 11) is 0. The van der Waals surface area contributed by atoms with Crippen molar-refractivity contribution in [1.29, 1.82) is 0 Å². The molecule has 0 aromatic carbocycles. The molecule has 0 radical (unpaired) electrons. The summed E-state index contributed by atoms with van der Waals surface area (Å²) < 4.78 is 0. The highest BCUT2D eigenvalue weighted by Crippen LogP contribution is 2.16. The first-order chi connectivity index (χ1) is 6.11. The molecule has 6 heteroatoms. The molecule has 1 aromatic heterocycles. The van der Waals surface area contributed by atoms with E-state index >= 15 is 0 Å². The van der Waals surface area contributed by atoms with Crippen molar-refractivity contribution in [3.05, 3.63) is 34.1 Å². The van der Waals surface area contributed by atoms with Crippen LogP contribution in [0.1, 0.15) is 5.56 Å². The summed E-state index contributed by atoms with van der Waals surface area (Å²) in [6.07, 6.45) is 2.06. The van der Waals surface area contributed by atoms with E-state index in [0.29, 0.717) is 0 Å². The van der Waals surface area contributed by atoms with Gasteiger partial charge in [0.05, 0.1) is 16.9 Å².